The van der Waals surface area contributed by atoms with E-state index in [1.807, 2.05) is 0 Å². The van der Waals surface area contributed by atoms with E-state index in [1.165, 1.54) is 22.4 Å². The summed E-state index contributed by atoms with van der Waals surface area (Å²) in [5.74, 6) is 0.592. The summed E-state index contributed by atoms with van der Waals surface area (Å²) in [6.45, 7) is 11.0. The van der Waals surface area contributed by atoms with Crippen LogP contribution in [0.25, 0.3) is 11.1 Å². The lowest BCUT2D eigenvalue weighted by Gasteiger charge is -2.21. The van der Waals surface area contributed by atoms with Gasteiger partial charge in [-0.25, -0.2) is 0 Å². The molecule has 1 heteroatoms. The van der Waals surface area contributed by atoms with Gasteiger partial charge in [0.1, 0.15) is 0 Å². The van der Waals surface area contributed by atoms with Crippen molar-refractivity contribution in [1.82, 2.24) is 0 Å². The molecule has 0 saturated heterocycles. The Labute approximate surface area is 123 Å². The highest BCUT2D eigenvalue weighted by atomic mass is 15.1. The van der Waals surface area contributed by atoms with Gasteiger partial charge < -0.3 is 4.90 Å². The molecule has 0 spiro atoms. The van der Waals surface area contributed by atoms with Gasteiger partial charge in [-0.15, -0.1) is 0 Å². The van der Waals surface area contributed by atoms with E-state index in [0.717, 1.165) is 13.1 Å². The van der Waals surface area contributed by atoms with Gasteiger partial charge in [0.2, 0.25) is 0 Å². The maximum atomic E-state index is 2.37. The maximum Gasteiger partial charge on any atom is 0.0366 e. The van der Waals surface area contributed by atoms with Crippen LogP contribution in [0.1, 0.15) is 39.2 Å². The number of benzene rings is 2. The molecule has 106 valence electrons. The molecule has 0 aromatic heterocycles. The van der Waals surface area contributed by atoms with E-state index in [-0.39, 0.29) is 0 Å². The summed E-state index contributed by atoms with van der Waals surface area (Å²) in [6.07, 6.45) is 0. The van der Waals surface area contributed by atoms with Crippen molar-refractivity contribution in [3.05, 3.63) is 54.1 Å². The predicted molar refractivity (Wildman–Crippen MR) is 89.5 cm³/mol. The molecule has 2 aromatic rings. The molecule has 2 rings (SSSR count). The molecule has 20 heavy (non-hydrogen) atoms. The topological polar surface area (TPSA) is 3.24 Å². The first-order valence-electron chi connectivity index (χ1n) is 7.61. The van der Waals surface area contributed by atoms with Gasteiger partial charge in [0, 0.05) is 18.8 Å². The summed E-state index contributed by atoms with van der Waals surface area (Å²) < 4.78 is 0. The molecule has 1 nitrogen and oxygen atoms in total. The van der Waals surface area contributed by atoms with Crippen LogP contribution in [-0.4, -0.2) is 13.1 Å². The Morgan fingerprint density at radius 2 is 1.20 bits per heavy atom. The highest BCUT2D eigenvalue weighted by Crippen LogP contribution is 2.25. The van der Waals surface area contributed by atoms with Gasteiger partial charge in [-0.2, -0.15) is 0 Å². The lowest BCUT2D eigenvalue weighted by atomic mass is 9.99. The van der Waals surface area contributed by atoms with Crippen molar-refractivity contribution < 1.29 is 0 Å². The first kappa shape index (κ1) is 14.6. The zero-order valence-electron chi connectivity index (χ0n) is 13.1. The standard InChI is InChI=1S/C19H25N/c1-5-20(6-2)19-13-11-18(12-14-19)17-9-7-16(8-10-17)15(3)4/h7-15H,5-6H2,1-4H3. The molecular weight excluding hydrogens is 242 g/mol. The van der Waals surface area contributed by atoms with Gasteiger partial charge >= 0.3 is 0 Å². The lowest BCUT2D eigenvalue weighted by Crippen LogP contribution is -2.21. The van der Waals surface area contributed by atoms with Crippen LogP contribution in [0.5, 0.6) is 0 Å². The average molecular weight is 267 g/mol. The second kappa shape index (κ2) is 6.60. The number of rotatable bonds is 5. The Balaban J connectivity index is 2.21. The molecule has 0 atom stereocenters. The largest absolute Gasteiger partial charge is 0.372 e. The second-order valence-corrected chi connectivity index (χ2v) is 5.50. The van der Waals surface area contributed by atoms with Crippen LogP contribution in [0.2, 0.25) is 0 Å². The number of hydrogen-bond donors (Lipinski definition) is 0. The Morgan fingerprint density at radius 3 is 1.60 bits per heavy atom. The third kappa shape index (κ3) is 3.22. The van der Waals surface area contributed by atoms with E-state index in [2.05, 4.69) is 81.1 Å². The molecule has 0 aliphatic heterocycles. The fourth-order valence-electron chi connectivity index (χ4n) is 2.51. The Morgan fingerprint density at radius 1 is 0.750 bits per heavy atom. The van der Waals surface area contributed by atoms with Gasteiger partial charge in [0.05, 0.1) is 0 Å². The number of nitrogens with zero attached hydrogens (tertiary/aromatic N) is 1. The average Bonchev–Trinajstić information content (AvgIpc) is 2.49. The molecule has 2 aromatic carbocycles. The summed E-state index contributed by atoms with van der Waals surface area (Å²) >= 11 is 0. The van der Waals surface area contributed by atoms with Crippen molar-refractivity contribution in [3.8, 4) is 11.1 Å². The SMILES string of the molecule is CCN(CC)c1ccc(-c2ccc(C(C)C)cc2)cc1. The van der Waals surface area contributed by atoms with E-state index < -0.39 is 0 Å². The van der Waals surface area contributed by atoms with Gasteiger partial charge in [0.25, 0.3) is 0 Å². The summed E-state index contributed by atoms with van der Waals surface area (Å²) in [5, 5.41) is 0. The summed E-state index contributed by atoms with van der Waals surface area (Å²) in [5.41, 5.74) is 5.28. The van der Waals surface area contributed by atoms with Crippen LogP contribution in [-0.2, 0) is 0 Å². The molecule has 0 heterocycles. The highest BCUT2D eigenvalue weighted by Gasteiger charge is 2.03. The Bertz CT molecular complexity index is 519. The summed E-state index contributed by atoms with van der Waals surface area (Å²) in [7, 11) is 0. The molecule has 0 radical (unpaired) electrons. The minimum absolute atomic E-state index is 0.592. The minimum atomic E-state index is 0.592. The van der Waals surface area contributed by atoms with Crippen molar-refractivity contribution in [2.24, 2.45) is 0 Å². The summed E-state index contributed by atoms with van der Waals surface area (Å²) in [6, 6.07) is 17.8. The number of anilines is 1. The first-order chi connectivity index (χ1) is 9.65. The molecule has 0 aliphatic carbocycles. The summed E-state index contributed by atoms with van der Waals surface area (Å²) in [4.78, 5) is 2.37. The molecule has 0 saturated carbocycles. The Hall–Kier alpha value is -1.76. The van der Waals surface area contributed by atoms with Crippen LogP contribution in [0.15, 0.2) is 48.5 Å². The number of hydrogen-bond acceptors (Lipinski definition) is 1. The molecule has 0 aliphatic rings. The van der Waals surface area contributed by atoms with Crippen LogP contribution in [0.3, 0.4) is 0 Å². The fourth-order valence-corrected chi connectivity index (χ4v) is 2.51. The molecule has 0 N–H and O–H groups in total. The van der Waals surface area contributed by atoms with Crippen LogP contribution >= 0.6 is 0 Å². The third-order valence-corrected chi connectivity index (χ3v) is 3.91. The smallest absolute Gasteiger partial charge is 0.0366 e. The zero-order chi connectivity index (χ0) is 14.5. The highest BCUT2D eigenvalue weighted by molar-refractivity contribution is 5.66. The quantitative estimate of drug-likeness (QED) is 0.708. The maximum absolute atomic E-state index is 2.37. The zero-order valence-corrected chi connectivity index (χ0v) is 13.1. The molecular formula is C19H25N. The van der Waals surface area contributed by atoms with Crippen molar-refractivity contribution >= 4 is 5.69 Å². The van der Waals surface area contributed by atoms with Crippen molar-refractivity contribution in [1.29, 1.82) is 0 Å². The normalized spacial score (nSPS) is 10.8. The van der Waals surface area contributed by atoms with Crippen LogP contribution in [0, 0.1) is 0 Å². The minimum Gasteiger partial charge on any atom is -0.372 e. The van der Waals surface area contributed by atoms with Crippen molar-refractivity contribution in [3.63, 3.8) is 0 Å². The van der Waals surface area contributed by atoms with E-state index in [4.69, 9.17) is 0 Å². The van der Waals surface area contributed by atoms with Gasteiger partial charge in [-0.1, -0.05) is 50.2 Å². The van der Waals surface area contributed by atoms with Gasteiger partial charge in [-0.3, -0.25) is 0 Å². The van der Waals surface area contributed by atoms with Crippen molar-refractivity contribution in [2.45, 2.75) is 33.6 Å². The molecule has 0 amide bonds. The van der Waals surface area contributed by atoms with E-state index in [9.17, 15) is 0 Å². The van der Waals surface area contributed by atoms with Crippen LogP contribution in [0.4, 0.5) is 5.69 Å². The second-order valence-electron chi connectivity index (χ2n) is 5.50. The predicted octanol–water partition coefficient (Wildman–Crippen LogP) is 5.32. The third-order valence-electron chi connectivity index (χ3n) is 3.91. The Kier molecular flexibility index (Phi) is 4.84. The van der Waals surface area contributed by atoms with E-state index in [1.54, 1.807) is 0 Å². The van der Waals surface area contributed by atoms with E-state index >= 15 is 0 Å². The van der Waals surface area contributed by atoms with Gasteiger partial charge in [-0.05, 0) is 48.6 Å². The monoisotopic (exact) mass is 267 g/mol. The molecule has 0 unspecified atom stereocenters. The lowest BCUT2D eigenvalue weighted by molar-refractivity contribution is 0.866. The van der Waals surface area contributed by atoms with Crippen molar-refractivity contribution in [2.75, 3.05) is 18.0 Å². The molecule has 0 fully saturated rings. The fraction of sp³-hybridized carbons (Fsp3) is 0.368. The van der Waals surface area contributed by atoms with E-state index in [0.29, 0.717) is 5.92 Å². The molecule has 0 bridgehead atoms. The van der Waals surface area contributed by atoms with Gasteiger partial charge in [0.15, 0.2) is 0 Å². The first-order valence-corrected chi connectivity index (χ1v) is 7.61. The van der Waals surface area contributed by atoms with Crippen LogP contribution < -0.4 is 4.90 Å².